The van der Waals surface area contributed by atoms with E-state index in [1.54, 1.807) is 62.4 Å². The third-order valence-electron chi connectivity index (χ3n) is 21.6. The van der Waals surface area contributed by atoms with Crippen LogP contribution in [0.1, 0.15) is 183 Å². The summed E-state index contributed by atoms with van der Waals surface area (Å²) in [7, 11) is -4.05. The number of benzene rings is 5. The molecular formula is C95H142F4O20SeSi4. The van der Waals surface area contributed by atoms with Crippen molar-refractivity contribution < 1.29 is 112 Å². The average Bonchev–Trinajstić information content (AvgIpc) is 1.49. The molecule has 10 atom stereocenters. The summed E-state index contributed by atoms with van der Waals surface area (Å²) in [6.07, 6.45) is 9.89. The zero-order valence-electron chi connectivity index (χ0n) is 78.6. The number of esters is 4. The van der Waals surface area contributed by atoms with E-state index in [1.807, 2.05) is 86.7 Å². The van der Waals surface area contributed by atoms with Gasteiger partial charge in [-0.15, -0.1) is 0 Å². The number of carbonyl (C=O) groups excluding carboxylic acids is 4. The molecule has 0 amide bonds. The molecule has 0 bridgehead atoms. The van der Waals surface area contributed by atoms with Gasteiger partial charge in [0.15, 0.2) is 35.0 Å². The van der Waals surface area contributed by atoms with Crippen LogP contribution in [0.25, 0.3) is 6.08 Å². The third kappa shape index (κ3) is 37.1. The molecule has 0 saturated carbocycles. The third-order valence-corrected chi connectivity index (χ3v) is 36.4. The SMILES string of the molecule is CC(C)CC[C@@H]1OC(C)(C)O[C@@H]1C(/C=C\[C@@H](C)[C@H](C)O[Si](C)(C)C(C)(C)C)OC(=O)c1ccccc1.COCOc1cc(OC(F)F)cc(/C=C/C[C@@H]2OC(C)(C)O[C@@H]2C(/C=C\[C@@H](C)[C@H](C)O[Si](C)(C)C(C)(C)C)OC(=O)c2ccccc2)c1C(=O)OCC[Si](C)(C)C.COCOc1cc(OC(F)F)cc(C[Se]c2ccccc2)c1C(=O)OCC[Si](C)(C)C. The molecule has 29 heteroatoms. The van der Waals surface area contributed by atoms with Crippen LogP contribution in [0.3, 0.4) is 0 Å². The summed E-state index contributed by atoms with van der Waals surface area (Å²) in [4.78, 5) is 53.1. The van der Waals surface area contributed by atoms with Crippen LogP contribution < -0.4 is 23.4 Å². The molecule has 7 rings (SSSR count). The van der Waals surface area contributed by atoms with Gasteiger partial charge in [-0.2, -0.15) is 8.78 Å². The zero-order chi connectivity index (χ0) is 92.9. The summed E-state index contributed by atoms with van der Waals surface area (Å²) in [6, 6.07) is 34.4. The number of rotatable bonds is 43. The predicted octanol–water partition coefficient (Wildman–Crippen LogP) is 22.6. The number of hydrogen-bond acceptors (Lipinski definition) is 20. The molecule has 0 aliphatic carbocycles. The number of alkyl halides is 4. The Labute approximate surface area is 746 Å². The molecule has 2 aliphatic heterocycles. The molecule has 5 aromatic carbocycles. The van der Waals surface area contributed by atoms with E-state index in [4.69, 9.17) is 70.4 Å². The Morgan fingerprint density at radius 3 is 1.31 bits per heavy atom. The first-order chi connectivity index (χ1) is 57.6. The topological polar surface area (TPSA) is 216 Å². The van der Waals surface area contributed by atoms with Crippen molar-refractivity contribution in [1.29, 1.82) is 0 Å². The maximum atomic E-state index is 13.6. The number of halogens is 4. The maximum absolute atomic E-state index is 13.6. The second-order valence-electron chi connectivity index (χ2n) is 38.2. The average molecular weight is 1870 g/mol. The molecule has 0 spiro atoms. The summed E-state index contributed by atoms with van der Waals surface area (Å²) >= 11 is -0.0312. The minimum atomic E-state index is -3.12. The van der Waals surface area contributed by atoms with Crippen molar-refractivity contribution in [3.8, 4) is 23.0 Å². The van der Waals surface area contributed by atoms with Crippen molar-refractivity contribution >= 4 is 82.2 Å². The van der Waals surface area contributed by atoms with Crippen molar-refractivity contribution in [3.05, 3.63) is 179 Å². The molecule has 124 heavy (non-hydrogen) atoms. The van der Waals surface area contributed by atoms with E-state index in [2.05, 4.69) is 159 Å². The summed E-state index contributed by atoms with van der Waals surface area (Å²) < 4.78 is 146. The van der Waals surface area contributed by atoms with Crippen molar-refractivity contribution in [2.24, 2.45) is 17.8 Å². The van der Waals surface area contributed by atoms with E-state index in [0.717, 1.165) is 29.4 Å². The fourth-order valence-electron chi connectivity index (χ4n) is 12.3. The zero-order valence-corrected chi connectivity index (χ0v) is 84.3. The van der Waals surface area contributed by atoms with Gasteiger partial charge in [0, 0.05) is 33.5 Å². The Hall–Kier alpha value is -6.81. The Morgan fingerprint density at radius 2 is 0.903 bits per heavy atom. The first-order valence-electron chi connectivity index (χ1n) is 42.8. The first kappa shape index (κ1) is 108. The van der Waals surface area contributed by atoms with E-state index in [9.17, 15) is 36.7 Å². The van der Waals surface area contributed by atoms with E-state index in [1.165, 1.54) is 38.5 Å². The number of hydrogen-bond donors (Lipinski definition) is 0. The van der Waals surface area contributed by atoms with Crippen LogP contribution in [0.5, 0.6) is 23.0 Å². The van der Waals surface area contributed by atoms with E-state index < -0.39 is 99.9 Å². The fraction of sp³-hybridized carbons (Fsp3) is 0.579. The molecule has 2 heterocycles. The first-order valence-corrected chi connectivity index (χ1v) is 58.1. The second kappa shape index (κ2) is 49.1. The molecule has 2 fully saturated rings. The van der Waals surface area contributed by atoms with Gasteiger partial charge in [-0.1, -0.05) is 150 Å². The Balaban J connectivity index is 0.000000351. The standard InChI is InChI=1S/C43H64F2O10Si2.C30H50O5Si.C22H28F2O5SeSi/c1-29(30(2)55-57(12,13)42(3,4)5)22-23-34(52-39(46)31-18-15-14-16-19-31)38-35(53-43(6,7)54-38)21-17-20-32-26-33(51-41(44)45)27-36(50-28-48-8)37(32)40(47)49-24-25-56(9,10)11;1-21(2)17-19-26-27(34-30(8,9)33-26)25(32-28(31)24-15-13-12-14-16-24)20-18-22(3)23(4)35-36(10,11)29(5,6)7;1-26-15-28-19-13-17(29-22(23)24)12-16(14-30-18-8-6-5-7-9-18)20(19)21(25)27-10-11-31(2,3)4/h14-20,22-23,26-27,29-30,34-35,38,41H,21,24-25,28H2,1-13H3;12-16,18,20-23,25-27H,17,19H2,1-11H3;5-9,12-13,22H,10-11,14-15H2,1-4H3/b20-17+,23-22-;20-18-;/t29-,30+,34?,35+,38-;22-,23+,25?,26+,27-;/m11./s1. The molecule has 2 saturated heterocycles. The number of methoxy groups -OCH3 is 2. The molecule has 0 aromatic heterocycles. The van der Waals surface area contributed by atoms with Gasteiger partial charge in [0.25, 0.3) is 0 Å². The molecule has 2 unspecified atom stereocenters. The molecule has 2 aliphatic rings. The van der Waals surface area contributed by atoms with Crippen molar-refractivity contribution in [1.82, 2.24) is 0 Å². The van der Waals surface area contributed by atoms with Crippen molar-refractivity contribution in [3.63, 3.8) is 0 Å². The van der Waals surface area contributed by atoms with Crippen LogP contribution >= 0.6 is 0 Å². The van der Waals surface area contributed by atoms with Gasteiger partial charge < -0.3 is 56.2 Å². The molecule has 0 N–H and O–H groups in total. The van der Waals surface area contributed by atoms with Crippen molar-refractivity contribution in [2.75, 3.05) is 41.0 Å². The summed E-state index contributed by atoms with van der Waals surface area (Å²) in [5.74, 6) is -3.44. The second-order valence-corrected chi connectivity index (χ2v) is 61.2. The monoisotopic (exact) mass is 1870 g/mol. The van der Waals surface area contributed by atoms with Gasteiger partial charge in [-0.05, 0) is 169 Å². The van der Waals surface area contributed by atoms with Crippen molar-refractivity contribution in [2.45, 2.75) is 297 Å². The van der Waals surface area contributed by atoms with Gasteiger partial charge in [0.1, 0.15) is 41.5 Å². The van der Waals surface area contributed by atoms with Crippen LogP contribution in [0.15, 0.2) is 146 Å². The molecular weight excluding hydrogens is 1730 g/mol. The summed E-state index contributed by atoms with van der Waals surface area (Å²) in [5, 5.41) is 0.659. The van der Waals surface area contributed by atoms with Gasteiger partial charge >= 0.3 is 214 Å². The number of carbonyl (C=O) groups is 4. The normalized spacial score (nSPS) is 18.4. The molecule has 692 valence electrons. The van der Waals surface area contributed by atoms with E-state index in [-0.39, 0.29) is 134 Å². The van der Waals surface area contributed by atoms with Gasteiger partial charge in [0.2, 0.25) is 0 Å². The Kier molecular flexibility index (Phi) is 42.7. The summed E-state index contributed by atoms with van der Waals surface area (Å²) in [6.45, 7) is 49.6. The van der Waals surface area contributed by atoms with Crippen LogP contribution in [0.2, 0.25) is 87.6 Å². The minimum absolute atomic E-state index is 0.0292. The Morgan fingerprint density at radius 1 is 0.508 bits per heavy atom. The molecule has 20 nitrogen and oxygen atoms in total. The van der Waals surface area contributed by atoms with E-state index >= 15 is 0 Å². The predicted molar refractivity (Wildman–Crippen MR) is 492 cm³/mol. The van der Waals surface area contributed by atoms with E-state index in [0.29, 0.717) is 34.5 Å². The van der Waals surface area contributed by atoms with Crippen LogP contribution in [0, 0.1) is 17.8 Å². The fourth-order valence-corrected chi connectivity index (χ4v) is 18.7. The van der Waals surface area contributed by atoms with Crippen LogP contribution in [-0.4, -0.2) is 186 Å². The summed E-state index contributed by atoms with van der Waals surface area (Å²) in [5.41, 5.74) is 1.94. The van der Waals surface area contributed by atoms with Crippen LogP contribution in [0.4, 0.5) is 17.6 Å². The van der Waals surface area contributed by atoms with Crippen LogP contribution in [-0.2, 0) is 61.5 Å². The molecule has 5 aromatic rings. The number of ether oxygens (including phenoxy) is 14. The van der Waals surface area contributed by atoms with Gasteiger partial charge in [-0.25, -0.2) is 14.4 Å². The van der Waals surface area contributed by atoms with Gasteiger partial charge in [0.05, 0.1) is 29.9 Å². The molecule has 0 radical (unpaired) electrons. The van der Waals surface area contributed by atoms with Gasteiger partial charge in [-0.3, -0.25) is 0 Å². The Bertz CT molecular complexity index is 4180. The quantitative estimate of drug-likeness (QED) is 0.00885.